The van der Waals surface area contributed by atoms with E-state index in [9.17, 15) is 4.79 Å². The van der Waals surface area contributed by atoms with Crippen LogP contribution in [0.5, 0.6) is 0 Å². The molecule has 0 amide bonds. The monoisotopic (exact) mass is 225 g/mol. The summed E-state index contributed by atoms with van der Waals surface area (Å²) in [6.45, 7) is 3.56. The van der Waals surface area contributed by atoms with Crippen LogP contribution in [0.2, 0.25) is 0 Å². The molecule has 0 aromatic rings. The van der Waals surface area contributed by atoms with Gasteiger partial charge in [0.25, 0.3) is 0 Å². The second-order valence-corrected chi connectivity index (χ2v) is 6.19. The van der Waals surface area contributed by atoms with Gasteiger partial charge in [-0.1, -0.05) is 27.7 Å². The molecule has 0 saturated heterocycles. The van der Waals surface area contributed by atoms with E-state index in [1.807, 2.05) is 0 Å². The Hall–Kier alpha value is 0.220. The number of aliphatic carboxylic acids is 1. The van der Waals surface area contributed by atoms with Crippen molar-refractivity contribution in [2.45, 2.75) is 6.04 Å². The first kappa shape index (κ1) is 12.2. The van der Waals surface area contributed by atoms with Gasteiger partial charge in [-0.3, -0.25) is 4.79 Å². The van der Waals surface area contributed by atoms with E-state index in [1.165, 1.54) is 10.8 Å². The Morgan fingerprint density at radius 3 is 2.83 bits per heavy atom. The van der Waals surface area contributed by atoms with E-state index < -0.39 is 12.0 Å². The van der Waals surface area contributed by atoms with Gasteiger partial charge >= 0.3 is 5.97 Å². The number of hydrogen-bond acceptors (Lipinski definition) is 5. The van der Waals surface area contributed by atoms with Gasteiger partial charge in [0.2, 0.25) is 0 Å². The number of carboxylic acids is 1. The summed E-state index contributed by atoms with van der Waals surface area (Å²) in [6.07, 6.45) is 1.80. The minimum Gasteiger partial charge on any atom is -0.480 e. The molecule has 12 heavy (non-hydrogen) atoms. The lowest BCUT2D eigenvalue weighted by atomic mass is 10.4. The van der Waals surface area contributed by atoms with Crippen molar-refractivity contribution in [3.63, 3.8) is 0 Å². The van der Waals surface area contributed by atoms with Crippen LogP contribution < -0.4 is 5.73 Å². The average Bonchev–Trinajstić information content (AvgIpc) is 2.03. The standard InChI is InChI=1S/C6H11NO2S3/c1-2-3-10-12-11-4-5(7)6(8)9/h2,5H,1,3-4,7H2,(H,8,9). The van der Waals surface area contributed by atoms with Gasteiger partial charge in [-0.25, -0.2) is 0 Å². The summed E-state index contributed by atoms with van der Waals surface area (Å²) >= 11 is 0. The van der Waals surface area contributed by atoms with Crippen LogP contribution in [0.1, 0.15) is 0 Å². The first-order chi connectivity index (χ1) is 5.68. The lowest BCUT2D eigenvalue weighted by Crippen LogP contribution is -2.32. The van der Waals surface area contributed by atoms with Gasteiger partial charge in [0.15, 0.2) is 0 Å². The Balaban J connectivity index is 3.19. The molecule has 0 saturated carbocycles. The zero-order chi connectivity index (χ0) is 9.40. The first-order valence-corrected chi connectivity index (χ1v) is 7.01. The van der Waals surface area contributed by atoms with Crippen LogP contribution in [0.15, 0.2) is 12.7 Å². The Kier molecular flexibility index (Phi) is 7.99. The molecule has 70 valence electrons. The van der Waals surface area contributed by atoms with E-state index in [-0.39, 0.29) is 0 Å². The quantitative estimate of drug-likeness (QED) is 0.390. The number of nitrogens with two attached hydrogens (primary N) is 1. The molecule has 0 aromatic carbocycles. The summed E-state index contributed by atoms with van der Waals surface area (Å²) in [5.41, 5.74) is 5.27. The van der Waals surface area contributed by atoms with Crippen molar-refractivity contribution in [2.75, 3.05) is 11.5 Å². The Morgan fingerprint density at radius 2 is 2.33 bits per heavy atom. The number of hydrogen-bond donors (Lipinski definition) is 2. The number of rotatable bonds is 7. The number of carboxylic acid groups (broad SMARTS) is 1. The smallest absolute Gasteiger partial charge is 0.321 e. The third-order valence-electron chi connectivity index (χ3n) is 0.847. The van der Waals surface area contributed by atoms with Crippen LogP contribution in [0.25, 0.3) is 0 Å². The Labute approximate surface area is 83.3 Å². The van der Waals surface area contributed by atoms with Gasteiger partial charge in [0, 0.05) is 11.5 Å². The van der Waals surface area contributed by atoms with Crippen LogP contribution in [-0.2, 0) is 4.79 Å². The van der Waals surface area contributed by atoms with E-state index in [0.717, 1.165) is 5.75 Å². The van der Waals surface area contributed by atoms with Gasteiger partial charge in [-0.2, -0.15) is 0 Å². The minimum atomic E-state index is -0.947. The largest absolute Gasteiger partial charge is 0.480 e. The van der Waals surface area contributed by atoms with Crippen molar-refractivity contribution in [3.8, 4) is 0 Å². The Bertz CT molecular complexity index is 154. The summed E-state index contributed by atoms with van der Waals surface area (Å²) in [7, 11) is 4.62. The van der Waals surface area contributed by atoms with Crippen LogP contribution >= 0.6 is 31.4 Å². The molecule has 0 bridgehead atoms. The molecular weight excluding hydrogens is 214 g/mol. The van der Waals surface area contributed by atoms with E-state index in [4.69, 9.17) is 10.8 Å². The molecular formula is C6H11NO2S3. The first-order valence-electron chi connectivity index (χ1n) is 3.19. The maximum atomic E-state index is 10.2. The van der Waals surface area contributed by atoms with Crippen molar-refractivity contribution >= 4 is 37.4 Å². The molecule has 0 aromatic heterocycles. The summed E-state index contributed by atoms with van der Waals surface area (Å²) in [5, 5.41) is 8.41. The molecule has 6 heteroatoms. The van der Waals surface area contributed by atoms with Gasteiger partial charge in [0.05, 0.1) is 0 Å². The second kappa shape index (κ2) is 7.85. The normalized spacial score (nSPS) is 12.4. The fraction of sp³-hybridized carbons (Fsp3) is 0.500. The van der Waals surface area contributed by atoms with E-state index in [0.29, 0.717) is 5.75 Å². The molecule has 3 nitrogen and oxygen atoms in total. The predicted molar refractivity (Wildman–Crippen MR) is 58.3 cm³/mol. The lowest BCUT2D eigenvalue weighted by molar-refractivity contribution is -0.137. The third-order valence-corrected chi connectivity index (χ3v) is 5.03. The number of carbonyl (C=O) groups is 1. The van der Waals surface area contributed by atoms with Gasteiger partial charge < -0.3 is 10.8 Å². The molecule has 1 unspecified atom stereocenters. The fourth-order valence-corrected chi connectivity index (χ4v) is 3.73. The molecule has 0 aliphatic carbocycles. The van der Waals surface area contributed by atoms with Gasteiger partial charge in [-0.15, -0.1) is 6.58 Å². The molecule has 1 atom stereocenters. The third kappa shape index (κ3) is 6.90. The molecule has 3 N–H and O–H groups in total. The molecule has 0 fully saturated rings. The van der Waals surface area contributed by atoms with Crippen molar-refractivity contribution in [1.29, 1.82) is 0 Å². The molecule has 0 rings (SSSR count). The highest BCUT2D eigenvalue weighted by Gasteiger charge is 2.10. The summed E-state index contributed by atoms with van der Waals surface area (Å²) in [4.78, 5) is 10.2. The zero-order valence-electron chi connectivity index (χ0n) is 6.43. The highest BCUT2D eigenvalue weighted by atomic mass is 33.5. The maximum Gasteiger partial charge on any atom is 0.321 e. The highest BCUT2D eigenvalue weighted by Crippen LogP contribution is 2.34. The molecule has 0 spiro atoms. The molecule has 0 heterocycles. The van der Waals surface area contributed by atoms with E-state index in [1.54, 1.807) is 26.7 Å². The fourth-order valence-electron chi connectivity index (χ4n) is 0.282. The summed E-state index contributed by atoms with van der Waals surface area (Å²) in [6, 6.07) is -0.758. The SMILES string of the molecule is C=CCSSSCC(N)C(=O)O. The van der Waals surface area contributed by atoms with Crippen molar-refractivity contribution in [1.82, 2.24) is 0 Å². The molecule has 0 radical (unpaired) electrons. The summed E-state index contributed by atoms with van der Waals surface area (Å²) < 4.78 is 0. The lowest BCUT2D eigenvalue weighted by Gasteiger charge is -2.03. The van der Waals surface area contributed by atoms with Crippen LogP contribution in [-0.4, -0.2) is 28.6 Å². The van der Waals surface area contributed by atoms with E-state index in [2.05, 4.69) is 6.58 Å². The Morgan fingerprint density at radius 1 is 1.67 bits per heavy atom. The van der Waals surface area contributed by atoms with Gasteiger partial charge in [0.1, 0.15) is 6.04 Å². The van der Waals surface area contributed by atoms with Crippen molar-refractivity contribution in [2.24, 2.45) is 5.73 Å². The van der Waals surface area contributed by atoms with Crippen LogP contribution in [0.3, 0.4) is 0 Å². The average molecular weight is 225 g/mol. The minimum absolute atomic E-state index is 0.435. The van der Waals surface area contributed by atoms with Crippen LogP contribution in [0.4, 0.5) is 0 Å². The summed E-state index contributed by atoms with van der Waals surface area (Å²) in [5.74, 6) is 0.348. The second-order valence-electron chi connectivity index (χ2n) is 1.87. The topological polar surface area (TPSA) is 63.3 Å². The van der Waals surface area contributed by atoms with Crippen molar-refractivity contribution in [3.05, 3.63) is 12.7 Å². The zero-order valence-corrected chi connectivity index (χ0v) is 8.88. The predicted octanol–water partition coefficient (Wildman–Crippen LogP) is 1.61. The van der Waals surface area contributed by atoms with Gasteiger partial charge in [-0.05, 0) is 9.83 Å². The molecule has 0 aliphatic heterocycles. The molecule has 0 aliphatic rings. The van der Waals surface area contributed by atoms with E-state index >= 15 is 0 Å². The van der Waals surface area contributed by atoms with Crippen molar-refractivity contribution < 1.29 is 9.90 Å². The highest BCUT2D eigenvalue weighted by molar-refractivity contribution is 9.09. The maximum absolute atomic E-state index is 10.2. The van der Waals surface area contributed by atoms with Crippen LogP contribution in [0, 0.1) is 0 Å².